The first-order valence-corrected chi connectivity index (χ1v) is 9.43. The van der Waals surface area contributed by atoms with Crippen LogP contribution < -0.4 is 24.8 Å². The zero-order valence-electron chi connectivity index (χ0n) is 17.1. The molecule has 0 atom stereocenters. The van der Waals surface area contributed by atoms with Gasteiger partial charge in [-0.15, -0.1) is 0 Å². The van der Waals surface area contributed by atoms with Crippen LogP contribution in [0.2, 0.25) is 0 Å². The summed E-state index contributed by atoms with van der Waals surface area (Å²) in [5, 5.41) is 6.60. The fourth-order valence-electron chi connectivity index (χ4n) is 2.58. The van der Waals surface area contributed by atoms with E-state index in [9.17, 15) is 0 Å². The van der Waals surface area contributed by atoms with Crippen LogP contribution in [0.15, 0.2) is 41.5 Å². The number of pyridine rings is 1. The molecule has 0 aliphatic heterocycles. The van der Waals surface area contributed by atoms with Gasteiger partial charge < -0.3 is 24.8 Å². The summed E-state index contributed by atoms with van der Waals surface area (Å²) in [7, 11) is 5.00. The lowest BCUT2D eigenvalue weighted by atomic mass is 10.2. The molecule has 0 saturated carbocycles. The van der Waals surface area contributed by atoms with Crippen LogP contribution in [0.3, 0.4) is 0 Å². The SMILES string of the molecule is CCCCOc1ncccc1CNC(=NC)NCc1ccc(OC)c(OC)c1. The number of methoxy groups -OCH3 is 2. The second-order valence-electron chi connectivity index (χ2n) is 6.14. The van der Waals surface area contributed by atoms with Crippen LogP contribution in [-0.2, 0) is 13.1 Å². The molecule has 2 aromatic rings. The van der Waals surface area contributed by atoms with Crippen molar-refractivity contribution in [3.8, 4) is 17.4 Å². The maximum absolute atomic E-state index is 5.78. The van der Waals surface area contributed by atoms with Crippen LogP contribution in [0.4, 0.5) is 0 Å². The topological polar surface area (TPSA) is 77.0 Å². The zero-order valence-corrected chi connectivity index (χ0v) is 17.1. The third-order valence-corrected chi connectivity index (χ3v) is 4.16. The van der Waals surface area contributed by atoms with Gasteiger partial charge in [0, 0.05) is 31.9 Å². The van der Waals surface area contributed by atoms with Gasteiger partial charge in [0.2, 0.25) is 5.88 Å². The van der Waals surface area contributed by atoms with Gasteiger partial charge in [0.15, 0.2) is 17.5 Å². The van der Waals surface area contributed by atoms with Gasteiger partial charge in [-0.1, -0.05) is 25.5 Å². The monoisotopic (exact) mass is 386 g/mol. The molecule has 2 N–H and O–H groups in total. The fourth-order valence-corrected chi connectivity index (χ4v) is 2.58. The number of benzene rings is 1. The van der Waals surface area contributed by atoms with Gasteiger partial charge in [0.05, 0.1) is 20.8 Å². The van der Waals surface area contributed by atoms with Crippen LogP contribution >= 0.6 is 0 Å². The number of ether oxygens (including phenoxy) is 3. The van der Waals surface area contributed by atoms with E-state index in [4.69, 9.17) is 14.2 Å². The van der Waals surface area contributed by atoms with Crippen molar-refractivity contribution in [2.45, 2.75) is 32.9 Å². The molecule has 7 nitrogen and oxygen atoms in total. The molecule has 0 unspecified atom stereocenters. The Kier molecular flexibility index (Phi) is 8.91. The molecular weight excluding hydrogens is 356 g/mol. The molecule has 1 heterocycles. The molecule has 0 fully saturated rings. The minimum atomic E-state index is 0.570. The molecule has 152 valence electrons. The second kappa shape index (κ2) is 11.7. The Balaban J connectivity index is 1.92. The van der Waals surface area contributed by atoms with E-state index >= 15 is 0 Å². The average molecular weight is 386 g/mol. The molecule has 0 amide bonds. The lowest BCUT2D eigenvalue weighted by Crippen LogP contribution is -2.36. The quantitative estimate of drug-likeness (QED) is 0.371. The number of unbranched alkanes of at least 4 members (excludes halogenated alkanes) is 1. The molecule has 0 spiro atoms. The normalized spacial score (nSPS) is 11.1. The van der Waals surface area contributed by atoms with E-state index < -0.39 is 0 Å². The van der Waals surface area contributed by atoms with Gasteiger partial charge in [-0.2, -0.15) is 0 Å². The van der Waals surface area contributed by atoms with Crippen LogP contribution in [0.5, 0.6) is 17.4 Å². The summed E-state index contributed by atoms with van der Waals surface area (Å²) < 4.78 is 16.4. The molecule has 7 heteroatoms. The molecular formula is C21H30N4O3. The van der Waals surface area contributed by atoms with Gasteiger partial charge in [0.1, 0.15) is 0 Å². The molecule has 0 saturated heterocycles. The number of aliphatic imine (C=N–C) groups is 1. The van der Waals surface area contributed by atoms with E-state index in [0.29, 0.717) is 43.0 Å². The number of nitrogens with one attached hydrogen (secondary N) is 2. The number of nitrogens with zero attached hydrogens (tertiary/aromatic N) is 2. The van der Waals surface area contributed by atoms with Crippen molar-refractivity contribution in [3.63, 3.8) is 0 Å². The van der Waals surface area contributed by atoms with Gasteiger partial charge in [-0.25, -0.2) is 4.98 Å². The Labute approximate surface area is 167 Å². The van der Waals surface area contributed by atoms with E-state index in [1.54, 1.807) is 27.5 Å². The third kappa shape index (κ3) is 6.33. The molecule has 0 aliphatic carbocycles. The Bertz CT molecular complexity index is 765. The van der Waals surface area contributed by atoms with E-state index in [1.807, 2.05) is 30.3 Å². The summed E-state index contributed by atoms with van der Waals surface area (Å²) in [4.78, 5) is 8.61. The van der Waals surface area contributed by atoms with Crippen molar-refractivity contribution in [1.29, 1.82) is 0 Å². The maximum Gasteiger partial charge on any atom is 0.218 e. The van der Waals surface area contributed by atoms with E-state index in [-0.39, 0.29) is 0 Å². The smallest absolute Gasteiger partial charge is 0.218 e. The number of hydrogen-bond donors (Lipinski definition) is 2. The van der Waals surface area contributed by atoms with Crippen molar-refractivity contribution >= 4 is 5.96 Å². The molecule has 0 radical (unpaired) electrons. The highest BCUT2D eigenvalue weighted by molar-refractivity contribution is 5.79. The largest absolute Gasteiger partial charge is 0.493 e. The number of aromatic nitrogens is 1. The zero-order chi connectivity index (χ0) is 20.2. The summed E-state index contributed by atoms with van der Waals surface area (Å²) in [5.41, 5.74) is 2.05. The Morgan fingerprint density at radius 1 is 1.07 bits per heavy atom. The summed E-state index contributed by atoms with van der Waals surface area (Å²) in [5.74, 6) is 2.77. The number of guanidine groups is 1. The minimum absolute atomic E-state index is 0.570. The number of hydrogen-bond acceptors (Lipinski definition) is 5. The first-order chi connectivity index (χ1) is 13.7. The van der Waals surface area contributed by atoms with Crippen molar-refractivity contribution in [2.75, 3.05) is 27.9 Å². The first kappa shape index (κ1) is 21.3. The highest BCUT2D eigenvalue weighted by atomic mass is 16.5. The van der Waals surface area contributed by atoms with E-state index in [1.165, 1.54) is 0 Å². The maximum atomic E-state index is 5.78. The summed E-state index contributed by atoms with van der Waals surface area (Å²) >= 11 is 0. The van der Waals surface area contributed by atoms with Gasteiger partial charge in [0.25, 0.3) is 0 Å². The molecule has 2 rings (SSSR count). The Hall–Kier alpha value is -2.96. The van der Waals surface area contributed by atoms with Gasteiger partial charge >= 0.3 is 0 Å². The molecule has 0 aliphatic rings. The first-order valence-electron chi connectivity index (χ1n) is 9.43. The Morgan fingerprint density at radius 3 is 2.57 bits per heavy atom. The van der Waals surface area contributed by atoms with E-state index in [2.05, 4.69) is 27.5 Å². The predicted octanol–water partition coefficient (Wildman–Crippen LogP) is 3.14. The summed E-state index contributed by atoms with van der Waals surface area (Å²) in [6, 6.07) is 9.73. The van der Waals surface area contributed by atoms with Crippen LogP contribution in [0, 0.1) is 0 Å². The standard InChI is InChI=1S/C21H30N4O3/c1-5-6-12-28-20-17(8-7-11-23-20)15-25-21(22-2)24-14-16-9-10-18(26-3)19(13-16)27-4/h7-11,13H,5-6,12,14-15H2,1-4H3,(H2,22,24,25). The molecule has 28 heavy (non-hydrogen) atoms. The highest BCUT2D eigenvalue weighted by Crippen LogP contribution is 2.27. The third-order valence-electron chi connectivity index (χ3n) is 4.16. The van der Waals surface area contributed by atoms with Crippen LogP contribution in [-0.4, -0.2) is 38.8 Å². The van der Waals surface area contributed by atoms with Crippen molar-refractivity contribution in [3.05, 3.63) is 47.7 Å². The Morgan fingerprint density at radius 2 is 1.86 bits per heavy atom. The highest BCUT2D eigenvalue weighted by Gasteiger charge is 2.08. The summed E-state index contributed by atoms with van der Waals surface area (Å²) in [6.07, 6.45) is 3.85. The lowest BCUT2D eigenvalue weighted by Gasteiger charge is -2.15. The fraction of sp³-hybridized carbons (Fsp3) is 0.429. The molecule has 1 aromatic carbocycles. The minimum Gasteiger partial charge on any atom is -0.493 e. The predicted molar refractivity (Wildman–Crippen MR) is 111 cm³/mol. The number of rotatable bonds is 10. The van der Waals surface area contributed by atoms with Gasteiger partial charge in [-0.05, 0) is 30.2 Å². The molecule has 0 bridgehead atoms. The van der Waals surface area contributed by atoms with Crippen LogP contribution in [0.25, 0.3) is 0 Å². The van der Waals surface area contributed by atoms with Crippen molar-refractivity contribution in [1.82, 2.24) is 15.6 Å². The van der Waals surface area contributed by atoms with Crippen molar-refractivity contribution in [2.24, 2.45) is 4.99 Å². The average Bonchev–Trinajstić information content (AvgIpc) is 2.74. The second-order valence-corrected chi connectivity index (χ2v) is 6.14. The molecule has 1 aromatic heterocycles. The lowest BCUT2D eigenvalue weighted by molar-refractivity contribution is 0.294. The summed E-state index contributed by atoms with van der Waals surface area (Å²) in [6.45, 7) is 3.99. The van der Waals surface area contributed by atoms with Crippen molar-refractivity contribution < 1.29 is 14.2 Å². The van der Waals surface area contributed by atoms with E-state index in [0.717, 1.165) is 24.0 Å². The van der Waals surface area contributed by atoms with Crippen LogP contribution in [0.1, 0.15) is 30.9 Å². The van der Waals surface area contributed by atoms with Gasteiger partial charge in [-0.3, -0.25) is 4.99 Å².